The highest BCUT2D eigenvalue weighted by Gasteiger charge is 2.46. The molecule has 3 aliphatic heterocycles. The molecule has 4 aromatic rings. The number of rotatable bonds is 11. The van der Waals surface area contributed by atoms with Gasteiger partial charge in [0.05, 0.1) is 26.2 Å². The van der Waals surface area contributed by atoms with Crippen molar-refractivity contribution in [3.63, 3.8) is 0 Å². The highest BCUT2D eigenvalue weighted by molar-refractivity contribution is 5.74. The van der Waals surface area contributed by atoms with Crippen LogP contribution in [0.2, 0.25) is 0 Å². The summed E-state index contributed by atoms with van der Waals surface area (Å²) in [7, 11) is 1.37. The lowest BCUT2D eigenvalue weighted by Crippen LogP contribution is -2.60. The van der Waals surface area contributed by atoms with Gasteiger partial charge in [0.2, 0.25) is 12.6 Å². The number of aliphatic hydroxyl groups is 8. The lowest BCUT2D eigenvalue weighted by atomic mass is 9.84. The molecule has 3 aliphatic rings. The molecular weight excluding hydrogens is 780 g/mol. The van der Waals surface area contributed by atoms with Crippen molar-refractivity contribution >= 4 is 12.2 Å². The first kappa shape index (κ1) is 41.8. The van der Waals surface area contributed by atoms with Gasteiger partial charge in [0, 0.05) is 17.7 Å². The Hall–Kier alpha value is -5.38. The average molecular weight is 825 g/mol. The third kappa shape index (κ3) is 8.41. The predicted octanol–water partition coefficient (Wildman–Crippen LogP) is 0.311. The molecule has 12 atom stereocenters. The Kier molecular flexibility index (Phi) is 12.1. The van der Waals surface area contributed by atoms with Gasteiger partial charge in [-0.1, -0.05) is 18.2 Å². The first-order valence-corrected chi connectivity index (χ1v) is 18.4. The number of benzene rings is 4. The number of ether oxygens (including phenoxy) is 6. The third-order valence-corrected chi connectivity index (χ3v) is 10.4. The van der Waals surface area contributed by atoms with E-state index in [1.54, 1.807) is 30.4 Å². The van der Waals surface area contributed by atoms with Crippen molar-refractivity contribution in [1.82, 2.24) is 0 Å². The highest BCUT2D eigenvalue weighted by atomic mass is 16.7. The molecule has 0 aromatic heterocycles. The Balaban J connectivity index is 1.23. The minimum atomic E-state index is -1.74. The van der Waals surface area contributed by atoms with Crippen LogP contribution in [-0.4, -0.2) is 143 Å². The van der Waals surface area contributed by atoms with Crippen LogP contribution in [0.4, 0.5) is 0 Å². The number of aliphatic hydroxyl groups excluding tert-OH is 8. The molecule has 316 valence electrons. The summed E-state index contributed by atoms with van der Waals surface area (Å²) in [6.07, 6.45) is -13.3. The summed E-state index contributed by atoms with van der Waals surface area (Å²) in [6, 6.07) is 16.0. The van der Waals surface area contributed by atoms with E-state index in [2.05, 4.69) is 0 Å². The van der Waals surface area contributed by atoms with Crippen molar-refractivity contribution < 1.29 is 89.7 Å². The summed E-state index contributed by atoms with van der Waals surface area (Å²) in [6.45, 7) is -1.35. The van der Waals surface area contributed by atoms with Gasteiger partial charge in [-0.05, 0) is 70.8 Å². The fourth-order valence-corrected chi connectivity index (χ4v) is 7.37. The van der Waals surface area contributed by atoms with Gasteiger partial charge in [-0.3, -0.25) is 0 Å². The van der Waals surface area contributed by atoms with E-state index in [1.807, 2.05) is 0 Å². The number of methoxy groups -OCH3 is 1. The van der Waals surface area contributed by atoms with Gasteiger partial charge in [0.25, 0.3) is 0 Å². The van der Waals surface area contributed by atoms with Crippen LogP contribution in [0, 0.1) is 0 Å². The number of hydrogen-bond acceptors (Lipinski definition) is 18. The van der Waals surface area contributed by atoms with Crippen LogP contribution in [-0.2, 0) is 9.47 Å². The molecule has 59 heavy (non-hydrogen) atoms. The number of fused-ring (bicyclic) bond motifs is 1. The molecular formula is C41H44O18. The zero-order chi connectivity index (χ0) is 42.3. The second kappa shape index (κ2) is 17.1. The maximum absolute atomic E-state index is 11.3. The van der Waals surface area contributed by atoms with Crippen LogP contribution >= 0.6 is 0 Å². The van der Waals surface area contributed by atoms with Gasteiger partial charge < -0.3 is 89.7 Å². The molecule has 3 heterocycles. The molecule has 18 heteroatoms. The molecule has 7 rings (SSSR count). The lowest BCUT2D eigenvalue weighted by molar-refractivity contribution is -0.277. The molecule has 1 unspecified atom stereocenters. The largest absolute Gasteiger partial charge is 0.508 e. The molecule has 0 saturated carbocycles. The Bertz CT molecular complexity index is 2160. The third-order valence-electron chi connectivity index (χ3n) is 10.4. The normalized spacial score (nSPS) is 30.5. The van der Waals surface area contributed by atoms with Gasteiger partial charge in [0.15, 0.2) is 23.0 Å². The predicted molar refractivity (Wildman–Crippen MR) is 202 cm³/mol. The summed E-state index contributed by atoms with van der Waals surface area (Å²) < 4.78 is 34.2. The molecule has 0 spiro atoms. The molecule has 18 nitrogen and oxygen atoms in total. The van der Waals surface area contributed by atoms with E-state index < -0.39 is 86.6 Å². The summed E-state index contributed by atoms with van der Waals surface area (Å²) in [4.78, 5) is 0. The highest BCUT2D eigenvalue weighted by Crippen LogP contribution is 2.55. The lowest BCUT2D eigenvalue weighted by Gasteiger charge is -2.39. The fraction of sp³-hybridized carbons (Fsp3) is 0.366. The van der Waals surface area contributed by atoms with Gasteiger partial charge >= 0.3 is 0 Å². The zero-order valence-corrected chi connectivity index (χ0v) is 31.2. The van der Waals surface area contributed by atoms with E-state index in [9.17, 15) is 61.3 Å². The van der Waals surface area contributed by atoms with Crippen LogP contribution in [0.1, 0.15) is 39.8 Å². The molecule has 0 radical (unpaired) electrons. The van der Waals surface area contributed by atoms with Crippen LogP contribution < -0.4 is 18.9 Å². The van der Waals surface area contributed by atoms with Crippen LogP contribution in [0.15, 0.2) is 66.7 Å². The molecule has 4 aromatic carbocycles. The average Bonchev–Trinajstić information content (AvgIpc) is 3.60. The SMILES string of the molecule is COc1cc([C@@H]2Oc3c(O)cc(/C=C/c4cc(O)cc(O[C@@H]5O[C@H](CO)[C@@H](O)[C@H](O)[C@H]5O)c4)cc3[C@H]2c2cc(O)cc(O[C@@H]3OC(CO)[C@@H](O)[C@H](O)[C@H]3O)c2)ccc1O. The molecule has 2 saturated heterocycles. The Morgan fingerprint density at radius 2 is 1.14 bits per heavy atom. The monoisotopic (exact) mass is 824 g/mol. The van der Waals surface area contributed by atoms with Crippen molar-refractivity contribution in [2.75, 3.05) is 20.3 Å². The maximum Gasteiger partial charge on any atom is 0.229 e. The Morgan fingerprint density at radius 1 is 0.576 bits per heavy atom. The first-order chi connectivity index (χ1) is 28.2. The maximum atomic E-state index is 11.3. The molecule has 2 fully saturated rings. The van der Waals surface area contributed by atoms with Crippen molar-refractivity contribution in [3.8, 4) is 46.0 Å². The molecule has 12 N–H and O–H groups in total. The molecule has 0 bridgehead atoms. The summed E-state index contributed by atoms with van der Waals surface area (Å²) >= 11 is 0. The number of phenols is 4. The van der Waals surface area contributed by atoms with Gasteiger partial charge in [-0.2, -0.15) is 0 Å². The zero-order valence-electron chi connectivity index (χ0n) is 31.2. The van der Waals surface area contributed by atoms with E-state index in [4.69, 9.17) is 28.4 Å². The van der Waals surface area contributed by atoms with Crippen LogP contribution in [0.5, 0.6) is 46.0 Å². The van der Waals surface area contributed by atoms with E-state index in [0.29, 0.717) is 27.8 Å². The van der Waals surface area contributed by atoms with Crippen LogP contribution in [0.25, 0.3) is 12.2 Å². The molecule has 0 amide bonds. The van der Waals surface area contributed by atoms with E-state index in [1.165, 1.54) is 55.6 Å². The Labute approximate surface area is 335 Å². The summed E-state index contributed by atoms with van der Waals surface area (Å²) in [5, 5.41) is 124. The van der Waals surface area contributed by atoms with Gasteiger partial charge in [-0.25, -0.2) is 0 Å². The summed E-state index contributed by atoms with van der Waals surface area (Å²) in [5.74, 6) is -1.53. The fourth-order valence-electron chi connectivity index (χ4n) is 7.37. The van der Waals surface area contributed by atoms with E-state index in [0.717, 1.165) is 0 Å². The van der Waals surface area contributed by atoms with Crippen molar-refractivity contribution in [1.29, 1.82) is 0 Å². The summed E-state index contributed by atoms with van der Waals surface area (Å²) in [5.41, 5.74) is 2.15. The standard InChI is InChI=1S/C41H44O18/c1-54-28-12-19(4-5-26(28)46)38-31(20-10-22(45)14-24(11-20)56-41-37(53)35(51)33(49)30(16-43)58-41)25-8-18(9-27(47)39(25)59-38)3-2-17-6-21(44)13-23(7-17)55-40-36(52)34(50)32(48)29(15-42)57-40/h2-14,29-38,40-53H,15-16H2,1H3/b3-2+/t29-,30?,31-,32-,33-,34+,35+,36-,37-,38+,40-,41-/m1/s1. The minimum Gasteiger partial charge on any atom is -0.508 e. The number of aromatic hydroxyl groups is 4. The molecule has 0 aliphatic carbocycles. The second-order valence-corrected chi connectivity index (χ2v) is 14.4. The number of hydrogen-bond donors (Lipinski definition) is 12. The van der Waals surface area contributed by atoms with Crippen molar-refractivity contribution in [3.05, 3.63) is 94.5 Å². The van der Waals surface area contributed by atoms with Crippen molar-refractivity contribution in [2.24, 2.45) is 0 Å². The van der Waals surface area contributed by atoms with Crippen molar-refractivity contribution in [2.45, 2.75) is 73.4 Å². The smallest absolute Gasteiger partial charge is 0.229 e. The Morgan fingerprint density at radius 3 is 1.71 bits per heavy atom. The minimum absolute atomic E-state index is 0.0111. The van der Waals surface area contributed by atoms with Gasteiger partial charge in [-0.15, -0.1) is 0 Å². The second-order valence-electron chi connectivity index (χ2n) is 14.4. The van der Waals surface area contributed by atoms with Gasteiger partial charge in [0.1, 0.15) is 77.9 Å². The van der Waals surface area contributed by atoms with E-state index >= 15 is 0 Å². The van der Waals surface area contributed by atoms with Crippen LogP contribution in [0.3, 0.4) is 0 Å². The first-order valence-electron chi connectivity index (χ1n) is 18.4. The quantitative estimate of drug-likeness (QED) is 0.0906. The topological polar surface area (TPSA) is 298 Å². The number of phenolic OH excluding ortho intramolecular Hbond substituents is 4. The van der Waals surface area contributed by atoms with E-state index in [-0.39, 0.29) is 46.0 Å².